The van der Waals surface area contributed by atoms with E-state index in [1.807, 2.05) is 25.1 Å². The monoisotopic (exact) mass is 359 g/mol. The summed E-state index contributed by atoms with van der Waals surface area (Å²) in [5, 5.41) is 12.1. The maximum absolute atomic E-state index is 12.2. The number of carbonyl (C=O) groups is 2. The zero-order valence-electron chi connectivity index (χ0n) is 13.5. The Balaban J connectivity index is 1.58. The molecule has 6 nitrogen and oxygen atoms in total. The molecule has 0 saturated carbocycles. The van der Waals surface area contributed by atoms with Gasteiger partial charge in [0.15, 0.2) is 11.5 Å². The largest absolute Gasteiger partial charge is 0.478 e. The van der Waals surface area contributed by atoms with Crippen molar-refractivity contribution < 1.29 is 24.2 Å². The zero-order valence-corrected chi connectivity index (χ0v) is 14.3. The van der Waals surface area contributed by atoms with E-state index >= 15 is 0 Å². The number of ether oxygens (including phenoxy) is 2. The maximum atomic E-state index is 12.2. The van der Waals surface area contributed by atoms with Crippen LogP contribution >= 0.6 is 11.8 Å². The highest BCUT2D eigenvalue weighted by molar-refractivity contribution is 8.00. The van der Waals surface area contributed by atoms with E-state index in [2.05, 4.69) is 5.32 Å². The summed E-state index contributed by atoms with van der Waals surface area (Å²) in [5.74, 6) is 0.332. The average Bonchev–Trinajstić information content (AvgIpc) is 3.07. The van der Waals surface area contributed by atoms with Gasteiger partial charge in [-0.25, -0.2) is 4.79 Å². The Labute approximate surface area is 149 Å². The molecule has 0 bridgehead atoms. The van der Waals surface area contributed by atoms with E-state index in [1.165, 1.54) is 17.8 Å². The summed E-state index contributed by atoms with van der Waals surface area (Å²) < 4.78 is 10.6. The van der Waals surface area contributed by atoms with Gasteiger partial charge in [-0.2, -0.15) is 0 Å². The highest BCUT2D eigenvalue weighted by Crippen LogP contribution is 2.34. The van der Waals surface area contributed by atoms with Gasteiger partial charge in [0.1, 0.15) is 0 Å². The van der Waals surface area contributed by atoms with Crippen molar-refractivity contribution in [3.8, 4) is 11.5 Å². The first kappa shape index (κ1) is 17.2. The highest BCUT2D eigenvalue weighted by atomic mass is 32.2. The molecule has 7 heteroatoms. The molecule has 0 fully saturated rings. The molecular formula is C18H17NO5S. The van der Waals surface area contributed by atoms with Crippen molar-refractivity contribution in [3.63, 3.8) is 0 Å². The minimum atomic E-state index is -1.00. The van der Waals surface area contributed by atoms with Crippen LogP contribution in [-0.2, 0) is 4.79 Å². The summed E-state index contributed by atoms with van der Waals surface area (Å²) >= 11 is 1.20. The van der Waals surface area contributed by atoms with Crippen LogP contribution < -0.4 is 14.8 Å². The Morgan fingerprint density at radius 2 is 1.96 bits per heavy atom. The van der Waals surface area contributed by atoms with Gasteiger partial charge < -0.3 is 19.9 Å². The fourth-order valence-electron chi connectivity index (χ4n) is 2.46. The lowest BCUT2D eigenvalue weighted by atomic mass is 10.1. The van der Waals surface area contributed by atoms with E-state index in [4.69, 9.17) is 14.6 Å². The van der Waals surface area contributed by atoms with Gasteiger partial charge in [-0.05, 0) is 36.8 Å². The van der Waals surface area contributed by atoms with Gasteiger partial charge in [0.25, 0.3) is 0 Å². The lowest BCUT2D eigenvalue weighted by molar-refractivity contribution is -0.119. The van der Waals surface area contributed by atoms with Crippen LogP contribution in [0, 0.1) is 0 Å². The number of carboxylic acid groups (broad SMARTS) is 1. The number of carboxylic acids is 1. The molecule has 1 aliphatic heterocycles. The van der Waals surface area contributed by atoms with Gasteiger partial charge in [-0.1, -0.05) is 18.2 Å². The molecule has 0 saturated heterocycles. The number of hydrogen-bond acceptors (Lipinski definition) is 5. The zero-order chi connectivity index (χ0) is 17.8. The first-order chi connectivity index (χ1) is 12.0. The van der Waals surface area contributed by atoms with Gasteiger partial charge in [-0.3, -0.25) is 4.79 Å². The number of fused-ring (bicyclic) bond motifs is 1. The number of aromatic carboxylic acids is 1. The second kappa shape index (κ2) is 7.48. The van der Waals surface area contributed by atoms with Gasteiger partial charge >= 0.3 is 5.97 Å². The molecule has 25 heavy (non-hydrogen) atoms. The molecule has 3 rings (SSSR count). The van der Waals surface area contributed by atoms with E-state index in [-0.39, 0.29) is 30.1 Å². The number of benzene rings is 2. The standard InChI is InChI=1S/C18H17NO5S/c1-11(12-6-7-14-15(8-12)24-10-23-14)19-17(20)9-25-16-5-3-2-4-13(16)18(21)22/h2-8,11H,9-10H2,1H3,(H,19,20)(H,21,22). The summed E-state index contributed by atoms with van der Waals surface area (Å²) in [6, 6.07) is 12.0. The van der Waals surface area contributed by atoms with Gasteiger partial charge in [0.05, 0.1) is 17.4 Å². The van der Waals surface area contributed by atoms with E-state index in [0.717, 1.165) is 5.56 Å². The fraction of sp³-hybridized carbons (Fsp3) is 0.222. The lowest BCUT2D eigenvalue weighted by Gasteiger charge is -2.15. The molecule has 0 spiro atoms. The Hall–Kier alpha value is -2.67. The Morgan fingerprint density at radius 1 is 1.20 bits per heavy atom. The molecule has 1 unspecified atom stereocenters. The fourth-order valence-corrected chi connectivity index (χ4v) is 3.32. The molecule has 2 aromatic carbocycles. The summed E-state index contributed by atoms with van der Waals surface area (Å²) in [5.41, 5.74) is 1.11. The second-order valence-corrected chi connectivity index (χ2v) is 6.51. The number of carbonyl (C=O) groups excluding carboxylic acids is 1. The first-order valence-corrected chi connectivity index (χ1v) is 8.67. The van der Waals surface area contributed by atoms with Crippen molar-refractivity contribution in [1.82, 2.24) is 5.32 Å². The number of thioether (sulfide) groups is 1. The Bertz CT molecular complexity index is 808. The van der Waals surface area contributed by atoms with Crippen molar-refractivity contribution in [2.75, 3.05) is 12.5 Å². The summed E-state index contributed by atoms with van der Waals surface area (Å²) in [6.07, 6.45) is 0. The summed E-state index contributed by atoms with van der Waals surface area (Å²) in [7, 11) is 0. The molecule has 1 aliphatic rings. The molecule has 130 valence electrons. The second-order valence-electron chi connectivity index (χ2n) is 5.49. The van der Waals surface area contributed by atoms with Crippen LogP contribution in [0.1, 0.15) is 28.9 Å². The number of rotatable bonds is 6. The summed E-state index contributed by atoms with van der Waals surface area (Å²) in [6.45, 7) is 2.09. The topological polar surface area (TPSA) is 84.9 Å². The lowest BCUT2D eigenvalue weighted by Crippen LogP contribution is -2.28. The van der Waals surface area contributed by atoms with Crippen molar-refractivity contribution in [3.05, 3.63) is 53.6 Å². The maximum Gasteiger partial charge on any atom is 0.336 e. The molecule has 0 aliphatic carbocycles. The van der Waals surface area contributed by atoms with Crippen LogP contribution in [0.4, 0.5) is 0 Å². The molecule has 1 heterocycles. The third-order valence-electron chi connectivity index (χ3n) is 3.75. The average molecular weight is 359 g/mol. The molecule has 0 radical (unpaired) electrons. The van der Waals surface area contributed by atoms with Gasteiger partial charge in [0.2, 0.25) is 12.7 Å². The predicted octanol–water partition coefficient (Wildman–Crippen LogP) is 3.08. The van der Waals surface area contributed by atoms with Crippen LogP contribution in [0.25, 0.3) is 0 Å². The first-order valence-electron chi connectivity index (χ1n) is 7.68. The molecule has 2 aromatic rings. The third-order valence-corrected chi connectivity index (χ3v) is 4.82. The minimum Gasteiger partial charge on any atom is -0.478 e. The number of nitrogens with one attached hydrogen (secondary N) is 1. The molecule has 1 atom stereocenters. The van der Waals surface area contributed by atoms with Gasteiger partial charge in [-0.15, -0.1) is 11.8 Å². The quantitative estimate of drug-likeness (QED) is 0.771. The van der Waals surface area contributed by atoms with Crippen LogP contribution in [0.15, 0.2) is 47.4 Å². The molecule has 2 N–H and O–H groups in total. The Kier molecular flexibility index (Phi) is 5.14. The van der Waals surface area contributed by atoms with Crippen molar-refractivity contribution in [2.45, 2.75) is 17.9 Å². The SMILES string of the molecule is CC(NC(=O)CSc1ccccc1C(=O)O)c1ccc2c(c1)OCO2. The Morgan fingerprint density at radius 3 is 2.76 bits per heavy atom. The van der Waals surface area contributed by atoms with Crippen molar-refractivity contribution >= 4 is 23.6 Å². The third kappa shape index (κ3) is 4.06. The van der Waals surface area contributed by atoms with E-state index in [1.54, 1.807) is 18.2 Å². The molecule has 1 amide bonds. The van der Waals surface area contributed by atoms with E-state index in [9.17, 15) is 9.59 Å². The van der Waals surface area contributed by atoms with Gasteiger partial charge in [0, 0.05) is 4.90 Å². The molecular weight excluding hydrogens is 342 g/mol. The number of hydrogen-bond donors (Lipinski definition) is 2. The highest BCUT2D eigenvalue weighted by Gasteiger charge is 2.17. The molecule has 0 aromatic heterocycles. The van der Waals surface area contributed by atoms with Crippen LogP contribution in [-0.4, -0.2) is 29.5 Å². The summed E-state index contributed by atoms with van der Waals surface area (Å²) in [4.78, 5) is 23.9. The van der Waals surface area contributed by atoms with E-state index in [0.29, 0.717) is 16.4 Å². The smallest absolute Gasteiger partial charge is 0.336 e. The minimum absolute atomic E-state index is 0.138. The van der Waals surface area contributed by atoms with Crippen LogP contribution in [0.5, 0.6) is 11.5 Å². The van der Waals surface area contributed by atoms with Crippen molar-refractivity contribution in [2.24, 2.45) is 0 Å². The van der Waals surface area contributed by atoms with Crippen molar-refractivity contribution in [1.29, 1.82) is 0 Å². The predicted molar refractivity (Wildman–Crippen MR) is 93.2 cm³/mol. The van der Waals surface area contributed by atoms with Crippen LogP contribution in [0.2, 0.25) is 0 Å². The number of amides is 1. The van der Waals surface area contributed by atoms with E-state index < -0.39 is 5.97 Å². The van der Waals surface area contributed by atoms with Crippen LogP contribution in [0.3, 0.4) is 0 Å². The normalized spacial score (nSPS) is 13.3.